The molecule has 0 aromatic heterocycles. The van der Waals surface area contributed by atoms with E-state index >= 15 is 0 Å². The molecule has 130 valence electrons. The van der Waals surface area contributed by atoms with E-state index in [1.165, 1.54) is 37.0 Å². The van der Waals surface area contributed by atoms with E-state index in [9.17, 15) is 15.0 Å². The molecule has 0 aromatic carbocycles. The Labute approximate surface area is 134 Å². The molecule has 1 saturated carbocycles. The SMILES string of the molecule is CCCCC(=O)N(C)C[C@H](O)[C@H](O)[C@@H](N)CC1CCCCC1. The van der Waals surface area contributed by atoms with Gasteiger partial charge in [-0.3, -0.25) is 4.79 Å². The fraction of sp³-hybridized carbons (Fsp3) is 0.941. The summed E-state index contributed by atoms with van der Waals surface area (Å²) >= 11 is 0. The molecule has 1 amide bonds. The lowest BCUT2D eigenvalue weighted by Crippen LogP contribution is -2.49. The second kappa shape index (κ2) is 10.2. The van der Waals surface area contributed by atoms with E-state index in [0.717, 1.165) is 19.3 Å². The van der Waals surface area contributed by atoms with E-state index < -0.39 is 18.2 Å². The van der Waals surface area contributed by atoms with Crippen LogP contribution in [-0.4, -0.2) is 52.9 Å². The topological polar surface area (TPSA) is 86.8 Å². The Bertz CT molecular complexity index is 319. The summed E-state index contributed by atoms with van der Waals surface area (Å²) in [5.74, 6) is 0.573. The number of hydrogen-bond acceptors (Lipinski definition) is 4. The minimum Gasteiger partial charge on any atom is -0.389 e. The van der Waals surface area contributed by atoms with Crippen molar-refractivity contribution in [1.29, 1.82) is 0 Å². The molecule has 4 N–H and O–H groups in total. The van der Waals surface area contributed by atoms with Gasteiger partial charge in [0, 0.05) is 26.1 Å². The molecule has 5 heteroatoms. The first-order chi connectivity index (χ1) is 10.5. The second-order valence-electron chi connectivity index (χ2n) is 6.84. The zero-order chi connectivity index (χ0) is 16.5. The van der Waals surface area contributed by atoms with E-state index in [4.69, 9.17) is 5.73 Å². The summed E-state index contributed by atoms with van der Waals surface area (Å²) in [6.45, 7) is 2.18. The fourth-order valence-corrected chi connectivity index (χ4v) is 3.24. The maximum absolute atomic E-state index is 11.8. The van der Waals surface area contributed by atoms with Gasteiger partial charge < -0.3 is 20.8 Å². The average Bonchev–Trinajstić information content (AvgIpc) is 2.52. The smallest absolute Gasteiger partial charge is 0.222 e. The van der Waals surface area contributed by atoms with Crippen LogP contribution in [0.4, 0.5) is 0 Å². The molecule has 0 spiro atoms. The lowest BCUT2D eigenvalue weighted by atomic mass is 9.83. The molecule has 5 nitrogen and oxygen atoms in total. The summed E-state index contributed by atoms with van der Waals surface area (Å²) in [6.07, 6.45) is 7.24. The van der Waals surface area contributed by atoms with Gasteiger partial charge >= 0.3 is 0 Å². The van der Waals surface area contributed by atoms with Gasteiger partial charge in [-0.2, -0.15) is 0 Å². The molecule has 0 aromatic rings. The third-order valence-electron chi connectivity index (χ3n) is 4.79. The third kappa shape index (κ3) is 6.63. The van der Waals surface area contributed by atoms with Crippen LogP contribution in [0.25, 0.3) is 0 Å². The lowest BCUT2D eigenvalue weighted by molar-refractivity contribution is -0.132. The third-order valence-corrected chi connectivity index (χ3v) is 4.79. The Balaban J connectivity index is 2.35. The number of aliphatic hydroxyl groups excluding tert-OH is 2. The van der Waals surface area contributed by atoms with E-state index in [0.29, 0.717) is 12.3 Å². The first-order valence-electron chi connectivity index (χ1n) is 8.81. The predicted octanol–water partition coefficient (Wildman–Crippen LogP) is 1.65. The molecule has 0 unspecified atom stereocenters. The van der Waals surface area contributed by atoms with Crippen molar-refractivity contribution in [1.82, 2.24) is 4.90 Å². The predicted molar refractivity (Wildman–Crippen MR) is 88.3 cm³/mol. The summed E-state index contributed by atoms with van der Waals surface area (Å²) in [5, 5.41) is 20.3. The number of aliphatic hydroxyl groups is 2. The quantitative estimate of drug-likeness (QED) is 0.604. The Hall–Kier alpha value is -0.650. The highest BCUT2D eigenvalue weighted by molar-refractivity contribution is 5.75. The van der Waals surface area contributed by atoms with Crippen LogP contribution in [0.1, 0.15) is 64.7 Å². The minimum absolute atomic E-state index is 0.00829. The van der Waals surface area contributed by atoms with Gasteiger partial charge in [0.15, 0.2) is 0 Å². The van der Waals surface area contributed by atoms with Crippen LogP contribution < -0.4 is 5.73 Å². The Kier molecular flexibility index (Phi) is 8.98. The van der Waals surface area contributed by atoms with Gasteiger partial charge in [0.05, 0.1) is 12.2 Å². The van der Waals surface area contributed by atoms with Crippen molar-refractivity contribution < 1.29 is 15.0 Å². The van der Waals surface area contributed by atoms with Crippen molar-refractivity contribution in [3.05, 3.63) is 0 Å². The van der Waals surface area contributed by atoms with Crippen LogP contribution in [-0.2, 0) is 4.79 Å². The fourth-order valence-electron chi connectivity index (χ4n) is 3.24. The van der Waals surface area contributed by atoms with Crippen LogP contribution in [0.3, 0.4) is 0 Å². The summed E-state index contributed by atoms with van der Waals surface area (Å²) in [4.78, 5) is 13.3. The second-order valence-corrected chi connectivity index (χ2v) is 6.84. The van der Waals surface area contributed by atoms with Crippen molar-refractivity contribution in [3.8, 4) is 0 Å². The number of nitrogens with two attached hydrogens (primary N) is 1. The largest absolute Gasteiger partial charge is 0.389 e. The first kappa shape index (κ1) is 19.4. The van der Waals surface area contributed by atoms with E-state index in [1.807, 2.05) is 6.92 Å². The van der Waals surface area contributed by atoms with Crippen molar-refractivity contribution in [2.75, 3.05) is 13.6 Å². The zero-order valence-electron chi connectivity index (χ0n) is 14.2. The zero-order valence-corrected chi connectivity index (χ0v) is 14.2. The molecule has 1 rings (SSSR count). The number of hydrogen-bond donors (Lipinski definition) is 3. The van der Waals surface area contributed by atoms with Crippen LogP contribution in [0.15, 0.2) is 0 Å². The first-order valence-corrected chi connectivity index (χ1v) is 8.81. The van der Waals surface area contributed by atoms with Gasteiger partial charge in [0.1, 0.15) is 0 Å². The highest BCUT2D eigenvalue weighted by Gasteiger charge is 2.28. The molecular weight excluding hydrogens is 280 g/mol. The molecule has 1 aliphatic rings. The number of carbonyl (C=O) groups excluding carboxylic acids is 1. The van der Waals surface area contributed by atoms with Gasteiger partial charge in [0.2, 0.25) is 5.91 Å². The summed E-state index contributed by atoms with van der Waals surface area (Å²) in [6, 6.07) is -0.419. The maximum Gasteiger partial charge on any atom is 0.222 e. The highest BCUT2D eigenvalue weighted by Crippen LogP contribution is 2.27. The van der Waals surface area contributed by atoms with Crippen LogP contribution in [0.5, 0.6) is 0 Å². The maximum atomic E-state index is 11.8. The molecule has 0 radical (unpaired) electrons. The molecule has 0 heterocycles. The Morgan fingerprint density at radius 1 is 1.27 bits per heavy atom. The number of nitrogens with zero attached hydrogens (tertiary/aromatic N) is 1. The average molecular weight is 314 g/mol. The van der Waals surface area contributed by atoms with Gasteiger partial charge in [-0.15, -0.1) is 0 Å². The Morgan fingerprint density at radius 2 is 1.91 bits per heavy atom. The van der Waals surface area contributed by atoms with Gasteiger partial charge in [-0.05, 0) is 18.8 Å². The minimum atomic E-state index is -0.978. The van der Waals surface area contributed by atoms with Crippen molar-refractivity contribution in [3.63, 3.8) is 0 Å². The number of likely N-dealkylation sites (N-methyl/N-ethyl adjacent to an activating group) is 1. The van der Waals surface area contributed by atoms with Crippen molar-refractivity contribution in [2.24, 2.45) is 11.7 Å². The molecule has 0 aliphatic heterocycles. The standard InChI is InChI=1S/C17H34N2O3/c1-3-4-10-16(21)19(2)12-15(20)17(22)14(18)11-13-8-6-5-7-9-13/h13-15,17,20,22H,3-12,18H2,1-2H3/t14-,15-,17+/m0/s1. The van der Waals surface area contributed by atoms with Crippen LogP contribution in [0.2, 0.25) is 0 Å². The number of rotatable bonds is 9. The molecule has 3 atom stereocenters. The monoisotopic (exact) mass is 314 g/mol. The molecule has 0 bridgehead atoms. The van der Waals surface area contributed by atoms with Crippen molar-refractivity contribution >= 4 is 5.91 Å². The molecule has 22 heavy (non-hydrogen) atoms. The summed E-state index contributed by atoms with van der Waals surface area (Å²) in [5.41, 5.74) is 6.07. The molecule has 1 aliphatic carbocycles. The number of amides is 1. The van der Waals surface area contributed by atoms with Gasteiger partial charge in [-0.25, -0.2) is 0 Å². The van der Waals surface area contributed by atoms with Gasteiger partial charge in [0.25, 0.3) is 0 Å². The molecule has 1 fully saturated rings. The van der Waals surface area contributed by atoms with Crippen molar-refractivity contribution in [2.45, 2.75) is 83.0 Å². The lowest BCUT2D eigenvalue weighted by Gasteiger charge is -2.30. The summed E-state index contributed by atoms with van der Waals surface area (Å²) < 4.78 is 0. The van der Waals surface area contributed by atoms with E-state index in [1.54, 1.807) is 7.05 Å². The summed E-state index contributed by atoms with van der Waals surface area (Å²) in [7, 11) is 1.67. The molecular formula is C17H34N2O3. The van der Waals surface area contributed by atoms with Crippen LogP contribution >= 0.6 is 0 Å². The molecule has 0 saturated heterocycles. The highest BCUT2D eigenvalue weighted by atomic mass is 16.3. The number of carbonyl (C=O) groups is 1. The van der Waals surface area contributed by atoms with Gasteiger partial charge in [-0.1, -0.05) is 45.4 Å². The number of unbranched alkanes of at least 4 members (excludes halogenated alkanes) is 1. The van der Waals surface area contributed by atoms with E-state index in [-0.39, 0.29) is 12.5 Å². The van der Waals surface area contributed by atoms with Crippen LogP contribution in [0, 0.1) is 5.92 Å². The normalized spacial score (nSPS) is 20.4. The van der Waals surface area contributed by atoms with E-state index in [2.05, 4.69) is 0 Å². The Morgan fingerprint density at radius 3 is 2.50 bits per heavy atom.